The number of rotatable bonds is 7. The largest absolute Gasteiger partial charge is 0.481 e. The van der Waals surface area contributed by atoms with Crippen molar-refractivity contribution in [2.45, 2.75) is 33.1 Å². The van der Waals surface area contributed by atoms with Crippen LogP contribution in [0.3, 0.4) is 0 Å². The Hall–Kier alpha value is -1.91. The molecule has 5 nitrogen and oxygen atoms in total. The third-order valence-corrected chi connectivity index (χ3v) is 3.36. The summed E-state index contributed by atoms with van der Waals surface area (Å²) in [5.41, 5.74) is 0.147. The Morgan fingerprint density at radius 3 is 2.53 bits per heavy atom. The Labute approximate surface area is 113 Å². The van der Waals surface area contributed by atoms with E-state index in [-0.39, 0.29) is 12.5 Å². The molecule has 0 radical (unpaired) electrons. The molecule has 1 aromatic rings. The lowest BCUT2D eigenvalue weighted by atomic mass is 9.87. The van der Waals surface area contributed by atoms with Crippen LogP contribution in [0.4, 0.5) is 0 Å². The average Bonchev–Trinajstić information content (AvgIpc) is 2.43. The molecule has 0 saturated carbocycles. The Morgan fingerprint density at radius 1 is 1.37 bits per heavy atom. The topological polar surface area (TPSA) is 79.3 Å². The molecule has 104 valence electrons. The molecule has 19 heavy (non-hydrogen) atoms. The van der Waals surface area contributed by atoms with Crippen LogP contribution in [0.15, 0.2) is 24.5 Å². The lowest BCUT2D eigenvalue weighted by molar-refractivity contribution is -0.148. The predicted molar refractivity (Wildman–Crippen MR) is 71.6 cm³/mol. The normalized spacial score (nSPS) is 13.6. The molecule has 1 heterocycles. The molecule has 0 saturated heterocycles. The number of nitrogens with zero attached hydrogens (tertiary/aromatic N) is 1. The maximum Gasteiger partial charge on any atom is 0.311 e. The summed E-state index contributed by atoms with van der Waals surface area (Å²) in [7, 11) is 0. The second-order valence-corrected chi connectivity index (χ2v) is 4.85. The van der Waals surface area contributed by atoms with Crippen LogP contribution in [0.1, 0.15) is 32.3 Å². The van der Waals surface area contributed by atoms with Crippen molar-refractivity contribution in [2.75, 3.05) is 6.54 Å². The van der Waals surface area contributed by atoms with Gasteiger partial charge in [0.15, 0.2) is 0 Å². The number of aromatic nitrogens is 1. The predicted octanol–water partition coefficient (Wildman–Crippen LogP) is 1.63. The van der Waals surface area contributed by atoms with Crippen LogP contribution in [-0.2, 0) is 16.0 Å². The first kappa shape index (κ1) is 15.1. The number of carbonyl (C=O) groups excluding carboxylic acids is 1. The minimum Gasteiger partial charge on any atom is -0.481 e. The Bertz CT molecular complexity index is 434. The number of aliphatic carboxylic acids is 1. The number of aryl methyl sites for hydroxylation is 1. The first-order chi connectivity index (χ1) is 8.98. The van der Waals surface area contributed by atoms with E-state index in [1.807, 2.05) is 12.1 Å². The summed E-state index contributed by atoms with van der Waals surface area (Å²) in [5, 5.41) is 11.8. The lowest BCUT2D eigenvalue weighted by Gasteiger charge is -2.23. The number of hydrogen-bond donors (Lipinski definition) is 2. The molecule has 1 amide bonds. The van der Waals surface area contributed by atoms with Crippen LogP contribution in [0, 0.1) is 5.41 Å². The first-order valence-corrected chi connectivity index (χ1v) is 6.37. The molecule has 0 spiro atoms. The summed E-state index contributed by atoms with van der Waals surface area (Å²) in [5.74, 6) is -1.01. The second-order valence-electron chi connectivity index (χ2n) is 4.85. The molecular weight excluding hydrogens is 244 g/mol. The van der Waals surface area contributed by atoms with Gasteiger partial charge >= 0.3 is 5.97 Å². The maximum atomic E-state index is 11.7. The SMILES string of the molecule is CCC(C)(CNC(=O)CCc1ccncc1)C(=O)O. The van der Waals surface area contributed by atoms with E-state index < -0.39 is 11.4 Å². The second kappa shape index (κ2) is 6.87. The van der Waals surface area contributed by atoms with Crippen molar-refractivity contribution in [1.29, 1.82) is 0 Å². The van der Waals surface area contributed by atoms with Crippen LogP contribution in [0.5, 0.6) is 0 Å². The molecule has 0 aliphatic heterocycles. The summed E-state index contributed by atoms with van der Waals surface area (Å²) >= 11 is 0. The smallest absolute Gasteiger partial charge is 0.311 e. The van der Waals surface area contributed by atoms with Crippen LogP contribution in [-0.4, -0.2) is 28.5 Å². The van der Waals surface area contributed by atoms with Crippen LogP contribution in [0.25, 0.3) is 0 Å². The van der Waals surface area contributed by atoms with Crippen LogP contribution < -0.4 is 5.32 Å². The maximum absolute atomic E-state index is 11.7. The Morgan fingerprint density at radius 2 is 2.00 bits per heavy atom. The van der Waals surface area contributed by atoms with Gasteiger partial charge in [0.2, 0.25) is 5.91 Å². The zero-order chi connectivity index (χ0) is 14.3. The van der Waals surface area contributed by atoms with Gasteiger partial charge in [-0.2, -0.15) is 0 Å². The van der Waals surface area contributed by atoms with E-state index >= 15 is 0 Å². The van der Waals surface area contributed by atoms with E-state index in [0.29, 0.717) is 19.3 Å². The van der Waals surface area contributed by atoms with Crippen LogP contribution >= 0.6 is 0 Å². The number of nitrogens with one attached hydrogen (secondary N) is 1. The molecule has 0 bridgehead atoms. The summed E-state index contributed by atoms with van der Waals surface area (Å²) in [6, 6.07) is 3.72. The molecule has 0 aromatic carbocycles. The highest BCUT2D eigenvalue weighted by Gasteiger charge is 2.31. The summed E-state index contributed by atoms with van der Waals surface area (Å²) in [4.78, 5) is 26.7. The molecule has 2 N–H and O–H groups in total. The van der Waals surface area contributed by atoms with Gasteiger partial charge in [-0.05, 0) is 37.5 Å². The van der Waals surface area contributed by atoms with E-state index in [4.69, 9.17) is 5.11 Å². The summed E-state index contributed by atoms with van der Waals surface area (Å²) in [6.07, 6.45) is 4.83. The van der Waals surface area contributed by atoms with E-state index in [2.05, 4.69) is 10.3 Å². The number of carboxylic acid groups (broad SMARTS) is 1. The third-order valence-electron chi connectivity index (χ3n) is 3.36. The van der Waals surface area contributed by atoms with Crippen molar-refractivity contribution in [2.24, 2.45) is 5.41 Å². The molecule has 0 fully saturated rings. The fraction of sp³-hybridized carbons (Fsp3) is 0.500. The van der Waals surface area contributed by atoms with Gasteiger partial charge in [0, 0.05) is 25.4 Å². The Kier molecular flexibility index (Phi) is 5.48. The minimum atomic E-state index is -0.897. The van der Waals surface area contributed by atoms with Crippen molar-refractivity contribution in [3.05, 3.63) is 30.1 Å². The fourth-order valence-electron chi connectivity index (χ4n) is 1.54. The van der Waals surface area contributed by atoms with Crippen LogP contribution in [0.2, 0.25) is 0 Å². The minimum absolute atomic E-state index is 0.127. The summed E-state index contributed by atoms with van der Waals surface area (Å²) < 4.78 is 0. The molecule has 5 heteroatoms. The highest BCUT2D eigenvalue weighted by molar-refractivity contribution is 5.78. The first-order valence-electron chi connectivity index (χ1n) is 6.37. The van der Waals surface area contributed by atoms with Gasteiger partial charge in [-0.25, -0.2) is 0 Å². The Balaban J connectivity index is 2.38. The zero-order valence-electron chi connectivity index (χ0n) is 11.3. The van der Waals surface area contributed by atoms with Gasteiger partial charge in [-0.1, -0.05) is 6.92 Å². The van der Waals surface area contributed by atoms with Gasteiger partial charge in [0.1, 0.15) is 0 Å². The molecule has 0 aliphatic carbocycles. The van der Waals surface area contributed by atoms with E-state index in [1.54, 1.807) is 26.2 Å². The quantitative estimate of drug-likeness (QED) is 0.784. The standard InChI is InChI=1S/C14H20N2O3/c1-3-14(2,13(18)19)10-16-12(17)5-4-11-6-8-15-9-7-11/h6-9H,3-5,10H2,1-2H3,(H,16,17)(H,18,19). The van der Waals surface area contributed by atoms with Crippen molar-refractivity contribution in [1.82, 2.24) is 10.3 Å². The number of amides is 1. The molecule has 1 atom stereocenters. The van der Waals surface area contributed by atoms with E-state index in [1.165, 1.54) is 0 Å². The van der Waals surface area contributed by atoms with Crippen molar-refractivity contribution >= 4 is 11.9 Å². The van der Waals surface area contributed by atoms with Crippen molar-refractivity contribution in [3.8, 4) is 0 Å². The highest BCUT2D eigenvalue weighted by Crippen LogP contribution is 2.19. The van der Waals surface area contributed by atoms with Gasteiger partial charge in [-0.3, -0.25) is 14.6 Å². The zero-order valence-corrected chi connectivity index (χ0v) is 11.3. The number of pyridine rings is 1. The monoisotopic (exact) mass is 264 g/mol. The third kappa shape index (κ3) is 4.69. The van der Waals surface area contributed by atoms with E-state index in [9.17, 15) is 9.59 Å². The lowest BCUT2D eigenvalue weighted by Crippen LogP contribution is -2.40. The molecular formula is C14H20N2O3. The van der Waals surface area contributed by atoms with Gasteiger partial charge in [-0.15, -0.1) is 0 Å². The summed E-state index contributed by atoms with van der Waals surface area (Å²) in [6.45, 7) is 3.60. The number of carbonyl (C=O) groups is 2. The van der Waals surface area contributed by atoms with Gasteiger partial charge < -0.3 is 10.4 Å². The average molecular weight is 264 g/mol. The van der Waals surface area contributed by atoms with E-state index in [0.717, 1.165) is 5.56 Å². The van der Waals surface area contributed by atoms with Crippen molar-refractivity contribution < 1.29 is 14.7 Å². The number of carboxylic acids is 1. The van der Waals surface area contributed by atoms with Gasteiger partial charge in [0.05, 0.1) is 5.41 Å². The van der Waals surface area contributed by atoms with Crippen molar-refractivity contribution in [3.63, 3.8) is 0 Å². The highest BCUT2D eigenvalue weighted by atomic mass is 16.4. The van der Waals surface area contributed by atoms with Gasteiger partial charge in [0.25, 0.3) is 0 Å². The fourth-order valence-corrected chi connectivity index (χ4v) is 1.54. The molecule has 1 aromatic heterocycles. The molecule has 1 unspecified atom stereocenters. The molecule has 0 aliphatic rings. The molecule has 1 rings (SSSR count). The number of hydrogen-bond acceptors (Lipinski definition) is 3.